The van der Waals surface area contributed by atoms with Crippen molar-refractivity contribution in [2.24, 2.45) is 5.92 Å². The minimum Gasteiger partial charge on any atom is -0.477 e. The van der Waals surface area contributed by atoms with Crippen LogP contribution in [0.1, 0.15) is 30.1 Å². The first kappa shape index (κ1) is 16.7. The van der Waals surface area contributed by atoms with Crippen molar-refractivity contribution in [1.82, 2.24) is 15.2 Å². The number of aromatic nitrogens is 1. The second-order valence-corrected chi connectivity index (χ2v) is 6.35. The van der Waals surface area contributed by atoms with E-state index in [1.807, 2.05) is 49.2 Å². The van der Waals surface area contributed by atoms with Crippen molar-refractivity contribution >= 4 is 16.8 Å². The molecule has 1 N–H and O–H groups in total. The zero-order valence-electron chi connectivity index (χ0n) is 14.4. The first-order valence-electron chi connectivity index (χ1n) is 8.69. The molecule has 24 heavy (non-hydrogen) atoms. The molecule has 2 aromatic rings. The van der Waals surface area contributed by atoms with Gasteiger partial charge >= 0.3 is 0 Å². The van der Waals surface area contributed by atoms with E-state index in [9.17, 15) is 4.79 Å². The Labute approximate surface area is 143 Å². The van der Waals surface area contributed by atoms with Gasteiger partial charge in [-0.3, -0.25) is 4.79 Å². The zero-order chi connectivity index (χ0) is 16.9. The lowest BCUT2D eigenvalue weighted by atomic mass is 10.1. The average Bonchev–Trinajstić information content (AvgIpc) is 3.07. The van der Waals surface area contributed by atoms with Gasteiger partial charge in [0, 0.05) is 18.5 Å². The van der Waals surface area contributed by atoms with Crippen LogP contribution in [0.4, 0.5) is 0 Å². The number of carbonyl (C=O) groups excluding carboxylic acids is 1. The molecule has 1 aliphatic heterocycles. The second kappa shape index (κ2) is 7.62. The summed E-state index contributed by atoms with van der Waals surface area (Å²) in [5.41, 5.74) is 1.43. The molecule has 5 nitrogen and oxygen atoms in total. The van der Waals surface area contributed by atoms with Gasteiger partial charge in [0.1, 0.15) is 5.56 Å². The van der Waals surface area contributed by atoms with Crippen LogP contribution in [0.15, 0.2) is 30.3 Å². The number of pyridine rings is 1. The molecule has 3 rings (SSSR count). The van der Waals surface area contributed by atoms with Gasteiger partial charge < -0.3 is 15.0 Å². The molecule has 128 valence electrons. The smallest absolute Gasteiger partial charge is 0.259 e. The highest BCUT2D eigenvalue weighted by Gasteiger charge is 2.28. The first-order chi connectivity index (χ1) is 11.7. The molecular formula is C19H25N3O2. The number of hydrogen-bond acceptors (Lipinski definition) is 4. The third-order valence-corrected chi connectivity index (χ3v) is 4.43. The summed E-state index contributed by atoms with van der Waals surface area (Å²) in [6, 6.07) is 9.76. The fraction of sp³-hybridized carbons (Fsp3) is 0.474. The Balaban J connectivity index is 1.89. The molecule has 1 aromatic carbocycles. The van der Waals surface area contributed by atoms with Crippen LogP contribution >= 0.6 is 0 Å². The number of ether oxygens (including phenoxy) is 1. The second-order valence-electron chi connectivity index (χ2n) is 6.35. The van der Waals surface area contributed by atoms with E-state index in [4.69, 9.17) is 4.74 Å². The summed E-state index contributed by atoms with van der Waals surface area (Å²) in [5, 5.41) is 4.17. The van der Waals surface area contributed by atoms with Crippen molar-refractivity contribution in [2.75, 3.05) is 33.3 Å². The monoisotopic (exact) mass is 327 g/mol. The first-order valence-corrected chi connectivity index (χ1v) is 8.69. The maximum atomic E-state index is 13.0. The largest absolute Gasteiger partial charge is 0.477 e. The molecule has 0 aliphatic carbocycles. The SMILES string of the molecule is CCCOc1nc2ccccc2cc1C(=O)N1CCC(CNC)C1. The fourth-order valence-electron chi connectivity index (χ4n) is 3.20. The van der Waals surface area contributed by atoms with Crippen LogP contribution in [0.5, 0.6) is 5.88 Å². The third kappa shape index (κ3) is 3.51. The topological polar surface area (TPSA) is 54.5 Å². The summed E-state index contributed by atoms with van der Waals surface area (Å²) in [6.07, 6.45) is 1.93. The number of carbonyl (C=O) groups is 1. The van der Waals surface area contributed by atoms with Crippen LogP contribution in [-0.2, 0) is 0 Å². The van der Waals surface area contributed by atoms with Gasteiger partial charge in [0.2, 0.25) is 5.88 Å². The number of nitrogens with one attached hydrogen (secondary N) is 1. The van der Waals surface area contributed by atoms with E-state index in [0.29, 0.717) is 24.0 Å². The molecule has 1 aliphatic rings. The molecule has 1 atom stereocenters. The molecule has 0 saturated carbocycles. The highest BCUT2D eigenvalue weighted by Crippen LogP contribution is 2.26. The zero-order valence-corrected chi connectivity index (χ0v) is 14.4. The van der Waals surface area contributed by atoms with E-state index in [-0.39, 0.29) is 5.91 Å². The van der Waals surface area contributed by atoms with Gasteiger partial charge in [0.25, 0.3) is 5.91 Å². The van der Waals surface area contributed by atoms with E-state index >= 15 is 0 Å². The van der Waals surface area contributed by atoms with Crippen molar-refractivity contribution in [3.8, 4) is 5.88 Å². The van der Waals surface area contributed by atoms with Gasteiger partial charge in [-0.15, -0.1) is 0 Å². The number of rotatable bonds is 6. The third-order valence-electron chi connectivity index (χ3n) is 4.43. The van der Waals surface area contributed by atoms with Gasteiger partial charge in [0.15, 0.2) is 0 Å². The van der Waals surface area contributed by atoms with E-state index in [1.54, 1.807) is 0 Å². The van der Waals surface area contributed by atoms with Crippen LogP contribution < -0.4 is 10.1 Å². The lowest BCUT2D eigenvalue weighted by Crippen LogP contribution is -2.30. The van der Waals surface area contributed by atoms with E-state index in [1.165, 1.54) is 0 Å². The van der Waals surface area contributed by atoms with Gasteiger partial charge in [-0.2, -0.15) is 0 Å². The Bertz CT molecular complexity index is 717. The summed E-state index contributed by atoms with van der Waals surface area (Å²) in [7, 11) is 1.95. The Morgan fingerprint density at radius 1 is 1.42 bits per heavy atom. The Morgan fingerprint density at radius 2 is 2.25 bits per heavy atom. The molecule has 0 bridgehead atoms. The fourth-order valence-corrected chi connectivity index (χ4v) is 3.20. The molecule has 1 unspecified atom stereocenters. The molecule has 0 radical (unpaired) electrons. The number of para-hydroxylation sites is 1. The van der Waals surface area contributed by atoms with Crippen LogP contribution in [0, 0.1) is 5.92 Å². The molecule has 1 amide bonds. The van der Waals surface area contributed by atoms with Gasteiger partial charge in [-0.25, -0.2) is 4.98 Å². The molecule has 0 spiro atoms. The van der Waals surface area contributed by atoms with Crippen molar-refractivity contribution in [3.63, 3.8) is 0 Å². The Morgan fingerprint density at radius 3 is 3.04 bits per heavy atom. The van der Waals surface area contributed by atoms with Crippen LogP contribution in [0.25, 0.3) is 10.9 Å². The van der Waals surface area contributed by atoms with E-state index < -0.39 is 0 Å². The summed E-state index contributed by atoms with van der Waals surface area (Å²) in [4.78, 5) is 19.5. The summed E-state index contributed by atoms with van der Waals surface area (Å²) < 4.78 is 5.78. The maximum absolute atomic E-state index is 13.0. The minimum absolute atomic E-state index is 0.0259. The lowest BCUT2D eigenvalue weighted by Gasteiger charge is -2.19. The summed E-state index contributed by atoms with van der Waals surface area (Å²) >= 11 is 0. The number of fused-ring (bicyclic) bond motifs is 1. The molecule has 2 heterocycles. The van der Waals surface area contributed by atoms with Crippen molar-refractivity contribution in [1.29, 1.82) is 0 Å². The van der Waals surface area contributed by atoms with Gasteiger partial charge in [-0.05, 0) is 44.5 Å². The summed E-state index contributed by atoms with van der Waals surface area (Å²) in [5.74, 6) is 1.00. The molecule has 1 fully saturated rings. The normalized spacial score (nSPS) is 17.4. The Kier molecular flexibility index (Phi) is 5.30. The molecule has 1 saturated heterocycles. The standard InChI is InChI=1S/C19H25N3O2/c1-3-10-24-18-16(11-15-6-4-5-7-17(15)21-18)19(23)22-9-8-14(13-22)12-20-2/h4-7,11,14,20H,3,8-10,12-13H2,1-2H3. The van der Waals surface area contributed by atoms with Crippen molar-refractivity contribution in [3.05, 3.63) is 35.9 Å². The van der Waals surface area contributed by atoms with Crippen LogP contribution in [-0.4, -0.2) is 49.1 Å². The lowest BCUT2D eigenvalue weighted by molar-refractivity contribution is 0.0782. The minimum atomic E-state index is 0.0259. The maximum Gasteiger partial charge on any atom is 0.259 e. The predicted octanol–water partition coefficient (Wildman–Crippen LogP) is 2.71. The van der Waals surface area contributed by atoms with Gasteiger partial charge in [-0.1, -0.05) is 25.1 Å². The number of benzene rings is 1. The number of likely N-dealkylation sites (tertiary alicyclic amines) is 1. The predicted molar refractivity (Wildman–Crippen MR) is 95.5 cm³/mol. The quantitative estimate of drug-likeness (QED) is 0.886. The van der Waals surface area contributed by atoms with Gasteiger partial charge in [0.05, 0.1) is 12.1 Å². The number of amides is 1. The molecule has 5 heteroatoms. The van der Waals surface area contributed by atoms with Crippen LogP contribution in [0.3, 0.4) is 0 Å². The van der Waals surface area contributed by atoms with E-state index in [0.717, 1.165) is 43.4 Å². The van der Waals surface area contributed by atoms with Crippen molar-refractivity contribution in [2.45, 2.75) is 19.8 Å². The van der Waals surface area contributed by atoms with Crippen LogP contribution in [0.2, 0.25) is 0 Å². The Hall–Kier alpha value is -2.14. The highest BCUT2D eigenvalue weighted by molar-refractivity contribution is 6.00. The molecule has 1 aromatic heterocycles. The number of hydrogen-bond donors (Lipinski definition) is 1. The number of nitrogens with zero attached hydrogens (tertiary/aromatic N) is 2. The summed E-state index contributed by atoms with van der Waals surface area (Å²) in [6.45, 7) is 5.14. The van der Waals surface area contributed by atoms with E-state index in [2.05, 4.69) is 10.3 Å². The van der Waals surface area contributed by atoms with Crippen molar-refractivity contribution < 1.29 is 9.53 Å². The highest BCUT2D eigenvalue weighted by atomic mass is 16.5. The average molecular weight is 327 g/mol. The molecular weight excluding hydrogens is 302 g/mol.